The van der Waals surface area contributed by atoms with E-state index in [0.717, 1.165) is 28.3 Å². The minimum atomic E-state index is -3.96. The molecule has 0 fully saturated rings. The van der Waals surface area contributed by atoms with Crippen LogP contribution in [0.2, 0.25) is 10.0 Å². The maximum Gasteiger partial charge on any atom is 0.264 e. The smallest absolute Gasteiger partial charge is 0.264 e. The number of anilines is 1. The van der Waals surface area contributed by atoms with Crippen LogP contribution in [-0.4, -0.2) is 27.4 Å². The third kappa shape index (κ3) is 6.48. The summed E-state index contributed by atoms with van der Waals surface area (Å²) in [6.45, 7) is 1.98. The lowest BCUT2D eigenvalue weighted by Gasteiger charge is -2.24. The minimum absolute atomic E-state index is 0.0685. The second-order valence-electron chi connectivity index (χ2n) is 7.38. The summed E-state index contributed by atoms with van der Waals surface area (Å²) < 4.78 is 27.8. The largest absolute Gasteiger partial charge is 0.355 e. The van der Waals surface area contributed by atoms with Gasteiger partial charge in [-0.3, -0.25) is 9.10 Å². The van der Waals surface area contributed by atoms with E-state index in [1.54, 1.807) is 18.2 Å². The molecule has 0 atom stereocenters. The summed E-state index contributed by atoms with van der Waals surface area (Å²) in [6, 6.07) is 20.5. The van der Waals surface area contributed by atoms with Crippen molar-refractivity contribution in [3.8, 4) is 0 Å². The van der Waals surface area contributed by atoms with Gasteiger partial charge in [-0.1, -0.05) is 47.5 Å². The lowest BCUT2D eigenvalue weighted by atomic mass is 10.1. The molecule has 0 radical (unpaired) electrons. The molecule has 0 aromatic heterocycles. The Bertz CT molecular complexity index is 1160. The van der Waals surface area contributed by atoms with Crippen LogP contribution < -0.4 is 9.62 Å². The van der Waals surface area contributed by atoms with Crippen LogP contribution in [0.25, 0.3) is 0 Å². The lowest BCUT2D eigenvalue weighted by molar-refractivity contribution is -0.119. The zero-order chi connectivity index (χ0) is 23.1. The first-order valence-electron chi connectivity index (χ1n) is 10.1. The molecule has 1 amide bonds. The number of aryl methyl sites for hydroxylation is 2. The summed E-state index contributed by atoms with van der Waals surface area (Å²) in [4.78, 5) is 12.7. The fraction of sp³-hybridized carbons (Fsp3) is 0.208. The quantitative estimate of drug-likeness (QED) is 0.416. The third-order valence-corrected chi connectivity index (χ3v) is 7.15. The van der Waals surface area contributed by atoms with Gasteiger partial charge in [0.25, 0.3) is 10.0 Å². The normalized spacial score (nSPS) is 11.2. The maximum absolute atomic E-state index is 13.3. The average molecular weight is 491 g/mol. The standard InChI is InChI=1S/C24H24Cl2N2O3S/c1-18-4-2-6-22(16-18)28(32(30,31)23-13-11-21(26)12-14-23)17-24(29)27-15-3-5-19-7-9-20(25)10-8-19/h2,4,6-14,16H,3,5,15,17H2,1H3,(H,27,29). The molecule has 3 rings (SSSR count). The number of hydrogen-bond acceptors (Lipinski definition) is 3. The molecule has 0 aliphatic heterocycles. The molecule has 0 heterocycles. The van der Waals surface area contributed by atoms with Gasteiger partial charge in [-0.2, -0.15) is 0 Å². The van der Waals surface area contributed by atoms with E-state index in [4.69, 9.17) is 23.2 Å². The molecule has 1 N–H and O–H groups in total. The van der Waals surface area contributed by atoms with E-state index in [1.807, 2.05) is 37.3 Å². The van der Waals surface area contributed by atoms with Crippen molar-refractivity contribution in [2.24, 2.45) is 0 Å². The number of carbonyl (C=O) groups is 1. The molecule has 0 saturated carbocycles. The monoisotopic (exact) mass is 490 g/mol. The van der Waals surface area contributed by atoms with E-state index in [0.29, 0.717) is 22.3 Å². The van der Waals surface area contributed by atoms with Gasteiger partial charge >= 0.3 is 0 Å². The van der Waals surface area contributed by atoms with Crippen molar-refractivity contribution in [1.82, 2.24) is 5.32 Å². The van der Waals surface area contributed by atoms with Crippen LogP contribution in [0.3, 0.4) is 0 Å². The van der Waals surface area contributed by atoms with Gasteiger partial charge in [0.15, 0.2) is 0 Å². The highest BCUT2D eigenvalue weighted by atomic mass is 35.5. The van der Waals surface area contributed by atoms with Crippen LogP contribution in [-0.2, 0) is 21.2 Å². The van der Waals surface area contributed by atoms with Gasteiger partial charge in [0.2, 0.25) is 5.91 Å². The molecule has 0 aliphatic rings. The van der Waals surface area contributed by atoms with E-state index >= 15 is 0 Å². The molecular formula is C24H24Cl2N2O3S. The Morgan fingerprint density at radius 1 is 0.938 bits per heavy atom. The van der Waals surface area contributed by atoms with Crippen molar-refractivity contribution in [3.63, 3.8) is 0 Å². The first-order chi connectivity index (χ1) is 15.3. The van der Waals surface area contributed by atoms with Gasteiger partial charge in [0.05, 0.1) is 10.6 Å². The van der Waals surface area contributed by atoms with Crippen molar-refractivity contribution in [1.29, 1.82) is 0 Å². The zero-order valence-corrected chi connectivity index (χ0v) is 19.9. The summed E-state index contributed by atoms with van der Waals surface area (Å²) in [5, 5.41) is 3.94. The Morgan fingerprint density at radius 2 is 1.56 bits per heavy atom. The van der Waals surface area contributed by atoms with Gasteiger partial charge in [0, 0.05) is 16.6 Å². The van der Waals surface area contributed by atoms with Gasteiger partial charge < -0.3 is 5.32 Å². The Balaban J connectivity index is 1.70. The van der Waals surface area contributed by atoms with Crippen molar-refractivity contribution in [2.75, 3.05) is 17.4 Å². The van der Waals surface area contributed by atoms with Crippen LogP contribution in [0.5, 0.6) is 0 Å². The van der Waals surface area contributed by atoms with Crippen LogP contribution in [0.15, 0.2) is 77.7 Å². The highest BCUT2D eigenvalue weighted by Gasteiger charge is 2.27. The Hall–Kier alpha value is -2.54. The number of sulfonamides is 1. The van der Waals surface area contributed by atoms with E-state index < -0.39 is 10.0 Å². The Kier molecular flexibility index (Phi) is 8.18. The molecular weight excluding hydrogens is 467 g/mol. The van der Waals surface area contributed by atoms with E-state index in [2.05, 4.69) is 5.32 Å². The van der Waals surface area contributed by atoms with E-state index in [1.165, 1.54) is 24.3 Å². The molecule has 32 heavy (non-hydrogen) atoms. The fourth-order valence-corrected chi connectivity index (χ4v) is 4.85. The predicted molar refractivity (Wildman–Crippen MR) is 130 cm³/mol. The van der Waals surface area contributed by atoms with Crippen molar-refractivity contribution in [2.45, 2.75) is 24.7 Å². The fourth-order valence-electron chi connectivity index (χ4n) is 3.19. The van der Waals surface area contributed by atoms with Gasteiger partial charge in [-0.15, -0.1) is 0 Å². The van der Waals surface area contributed by atoms with Crippen molar-refractivity contribution >= 4 is 44.8 Å². The SMILES string of the molecule is Cc1cccc(N(CC(=O)NCCCc2ccc(Cl)cc2)S(=O)(=O)c2ccc(Cl)cc2)c1. The molecule has 0 saturated heterocycles. The van der Waals surface area contributed by atoms with E-state index in [9.17, 15) is 13.2 Å². The number of nitrogens with one attached hydrogen (secondary N) is 1. The molecule has 8 heteroatoms. The molecule has 3 aromatic carbocycles. The second kappa shape index (κ2) is 10.9. The topological polar surface area (TPSA) is 66.5 Å². The maximum atomic E-state index is 13.3. The summed E-state index contributed by atoms with van der Waals surface area (Å²) >= 11 is 11.8. The molecule has 0 unspecified atom stereocenters. The molecule has 0 aliphatic carbocycles. The van der Waals surface area contributed by atoms with E-state index in [-0.39, 0.29) is 17.3 Å². The van der Waals surface area contributed by atoms with Gasteiger partial charge in [-0.05, 0) is 79.4 Å². The Morgan fingerprint density at radius 3 is 2.19 bits per heavy atom. The third-order valence-electron chi connectivity index (χ3n) is 4.86. The Labute approximate surface area is 199 Å². The molecule has 0 bridgehead atoms. The average Bonchev–Trinajstić information content (AvgIpc) is 2.76. The molecule has 0 spiro atoms. The van der Waals surface area contributed by atoms with Gasteiger partial charge in [0.1, 0.15) is 6.54 Å². The first-order valence-corrected chi connectivity index (χ1v) is 12.3. The zero-order valence-electron chi connectivity index (χ0n) is 17.6. The molecule has 5 nitrogen and oxygen atoms in total. The van der Waals surface area contributed by atoms with Crippen LogP contribution in [0.1, 0.15) is 17.5 Å². The predicted octanol–water partition coefficient (Wildman–Crippen LogP) is 5.25. The van der Waals surface area contributed by atoms with Crippen LogP contribution >= 0.6 is 23.2 Å². The number of halogens is 2. The number of carbonyl (C=O) groups excluding carboxylic acids is 1. The second-order valence-corrected chi connectivity index (χ2v) is 10.1. The van der Waals surface area contributed by atoms with Crippen LogP contribution in [0.4, 0.5) is 5.69 Å². The number of benzene rings is 3. The number of nitrogens with zero attached hydrogens (tertiary/aromatic N) is 1. The summed E-state index contributed by atoms with van der Waals surface area (Å²) in [7, 11) is -3.96. The highest BCUT2D eigenvalue weighted by molar-refractivity contribution is 7.92. The molecule has 168 valence electrons. The van der Waals surface area contributed by atoms with Crippen molar-refractivity contribution in [3.05, 3.63) is 94.0 Å². The highest BCUT2D eigenvalue weighted by Crippen LogP contribution is 2.25. The van der Waals surface area contributed by atoms with Gasteiger partial charge in [-0.25, -0.2) is 8.42 Å². The number of hydrogen-bond donors (Lipinski definition) is 1. The number of rotatable bonds is 9. The van der Waals surface area contributed by atoms with Crippen LogP contribution in [0, 0.1) is 6.92 Å². The lowest BCUT2D eigenvalue weighted by Crippen LogP contribution is -2.41. The number of amides is 1. The van der Waals surface area contributed by atoms with Crippen molar-refractivity contribution < 1.29 is 13.2 Å². The first kappa shape index (κ1) is 24.1. The summed E-state index contributed by atoms with van der Waals surface area (Å²) in [5.41, 5.74) is 2.44. The minimum Gasteiger partial charge on any atom is -0.355 e. The summed E-state index contributed by atoms with van der Waals surface area (Å²) in [5.74, 6) is -0.375. The summed E-state index contributed by atoms with van der Waals surface area (Å²) in [6.07, 6.45) is 1.50. The molecule has 3 aromatic rings.